The largest absolute Gasteiger partial charge is 0.508 e. The predicted octanol–water partition coefficient (Wildman–Crippen LogP) is 3.83. The van der Waals surface area contributed by atoms with E-state index >= 15 is 0 Å². The van der Waals surface area contributed by atoms with E-state index in [9.17, 15) is 19.8 Å². The van der Waals surface area contributed by atoms with Gasteiger partial charge in [-0.25, -0.2) is 4.79 Å². The van der Waals surface area contributed by atoms with Crippen molar-refractivity contribution in [1.29, 1.82) is 0 Å². The molecular formula is C21H18ClNO6. The van der Waals surface area contributed by atoms with Crippen LogP contribution in [0.5, 0.6) is 11.5 Å². The average Bonchev–Trinajstić information content (AvgIpc) is 3.14. The van der Waals surface area contributed by atoms with Gasteiger partial charge >= 0.3 is 5.97 Å². The number of carbonyl (C=O) groups excluding carboxylic acids is 2. The maximum Gasteiger partial charge on any atom is 0.342 e. The molecule has 29 heavy (non-hydrogen) atoms. The smallest absolute Gasteiger partial charge is 0.342 e. The number of likely N-dealkylation sites (N-methyl/N-ethyl adjacent to an activating group) is 1. The second kappa shape index (κ2) is 8.70. The number of rotatable bonds is 6. The van der Waals surface area contributed by atoms with Crippen LogP contribution in [0.25, 0.3) is 11.3 Å². The lowest BCUT2D eigenvalue weighted by atomic mass is 10.2. The van der Waals surface area contributed by atoms with Gasteiger partial charge in [0.25, 0.3) is 5.91 Å². The van der Waals surface area contributed by atoms with E-state index in [1.54, 1.807) is 31.3 Å². The highest BCUT2D eigenvalue weighted by Gasteiger charge is 2.18. The number of aromatic hydroxyl groups is 2. The molecule has 0 spiro atoms. The number of ether oxygens (including phenoxy) is 1. The molecule has 0 radical (unpaired) electrons. The van der Waals surface area contributed by atoms with Crippen molar-refractivity contribution >= 4 is 23.5 Å². The van der Waals surface area contributed by atoms with Gasteiger partial charge in [0, 0.05) is 23.7 Å². The number of phenols is 2. The van der Waals surface area contributed by atoms with E-state index in [4.69, 9.17) is 20.8 Å². The molecule has 0 saturated carbocycles. The summed E-state index contributed by atoms with van der Waals surface area (Å²) >= 11 is 5.88. The van der Waals surface area contributed by atoms with Crippen molar-refractivity contribution in [1.82, 2.24) is 4.90 Å². The molecule has 0 aliphatic rings. The maximum absolute atomic E-state index is 12.2. The Labute approximate surface area is 171 Å². The molecule has 0 atom stereocenters. The Bertz CT molecular complexity index is 1030. The average molecular weight is 416 g/mol. The number of esters is 1. The van der Waals surface area contributed by atoms with Crippen LogP contribution < -0.4 is 0 Å². The van der Waals surface area contributed by atoms with Crippen molar-refractivity contribution in [2.24, 2.45) is 0 Å². The Hall–Kier alpha value is -3.45. The SMILES string of the molecule is CN(Cc1ccc(-c2ccc(Cl)cc2)o1)C(=O)COC(=O)c1ccc(O)cc1O. The van der Waals surface area contributed by atoms with E-state index in [2.05, 4.69) is 0 Å². The normalized spacial score (nSPS) is 10.6. The third kappa shape index (κ3) is 5.08. The topological polar surface area (TPSA) is 100 Å². The van der Waals surface area contributed by atoms with E-state index in [0.29, 0.717) is 16.5 Å². The van der Waals surface area contributed by atoms with Gasteiger partial charge in [-0.05, 0) is 48.5 Å². The van der Waals surface area contributed by atoms with Crippen LogP contribution in [0.15, 0.2) is 59.0 Å². The summed E-state index contributed by atoms with van der Waals surface area (Å²) in [5.74, 6) is -0.721. The molecule has 0 unspecified atom stereocenters. The number of halogens is 1. The molecule has 150 valence electrons. The third-order valence-electron chi connectivity index (χ3n) is 4.14. The van der Waals surface area contributed by atoms with E-state index in [-0.39, 0.29) is 17.9 Å². The van der Waals surface area contributed by atoms with E-state index in [1.807, 2.05) is 12.1 Å². The monoisotopic (exact) mass is 415 g/mol. The second-order valence-corrected chi connectivity index (χ2v) is 6.74. The summed E-state index contributed by atoms with van der Waals surface area (Å²) in [5.41, 5.74) is 0.717. The van der Waals surface area contributed by atoms with Crippen molar-refractivity contribution in [2.45, 2.75) is 6.54 Å². The molecular weight excluding hydrogens is 398 g/mol. The first-order valence-corrected chi connectivity index (χ1v) is 8.99. The van der Waals surface area contributed by atoms with Gasteiger partial charge in [0.15, 0.2) is 6.61 Å². The Morgan fingerprint density at radius 2 is 1.79 bits per heavy atom. The van der Waals surface area contributed by atoms with Crippen molar-refractivity contribution in [3.05, 3.63) is 70.9 Å². The highest BCUT2D eigenvalue weighted by atomic mass is 35.5. The molecule has 1 aromatic heterocycles. The number of phenolic OH excluding ortho intramolecular Hbond substituents is 2. The summed E-state index contributed by atoms with van der Waals surface area (Å²) in [7, 11) is 1.55. The van der Waals surface area contributed by atoms with Crippen molar-refractivity contribution in [3.8, 4) is 22.8 Å². The zero-order valence-electron chi connectivity index (χ0n) is 15.5. The van der Waals surface area contributed by atoms with Crippen LogP contribution in [0.3, 0.4) is 0 Å². The number of carbonyl (C=O) groups is 2. The number of benzene rings is 2. The number of hydrogen-bond acceptors (Lipinski definition) is 6. The molecule has 3 aromatic rings. The highest BCUT2D eigenvalue weighted by molar-refractivity contribution is 6.30. The Morgan fingerprint density at radius 3 is 2.48 bits per heavy atom. The third-order valence-corrected chi connectivity index (χ3v) is 4.39. The van der Waals surface area contributed by atoms with Gasteiger partial charge in [-0.1, -0.05) is 11.6 Å². The number of nitrogens with zero attached hydrogens (tertiary/aromatic N) is 1. The summed E-state index contributed by atoms with van der Waals surface area (Å²) in [5, 5.41) is 19.5. The molecule has 3 rings (SSSR count). The summed E-state index contributed by atoms with van der Waals surface area (Å²) in [6.45, 7) is -0.311. The molecule has 0 fully saturated rings. The predicted molar refractivity (Wildman–Crippen MR) is 106 cm³/mol. The van der Waals surface area contributed by atoms with Gasteiger partial charge in [0.05, 0.1) is 6.54 Å². The fourth-order valence-electron chi connectivity index (χ4n) is 2.56. The molecule has 0 bridgehead atoms. The van der Waals surface area contributed by atoms with Crippen LogP contribution in [0.4, 0.5) is 0 Å². The molecule has 1 amide bonds. The first-order chi connectivity index (χ1) is 13.8. The highest BCUT2D eigenvalue weighted by Crippen LogP contribution is 2.25. The fourth-order valence-corrected chi connectivity index (χ4v) is 2.69. The number of hydrogen-bond donors (Lipinski definition) is 2. The van der Waals surface area contributed by atoms with Gasteiger partial charge in [-0.3, -0.25) is 4.79 Å². The minimum absolute atomic E-state index is 0.142. The molecule has 8 heteroatoms. The van der Waals surface area contributed by atoms with Crippen molar-refractivity contribution < 1.29 is 29.0 Å². The summed E-state index contributed by atoms with van der Waals surface area (Å²) < 4.78 is 10.7. The van der Waals surface area contributed by atoms with E-state index < -0.39 is 24.2 Å². The van der Waals surface area contributed by atoms with Gasteiger partial charge in [-0.2, -0.15) is 0 Å². The van der Waals surface area contributed by atoms with Crippen LogP contribution >= 0.6 is 11.6 Å². The van der Waals surface area contributed by atoms with E-state index in [1.165, 1.54) is 17.0 Å². The van der Waals surface area contributed by atoms with Crippen LogP contribution in [-0.4, -0.2) is 40.6 Å². The number of amides is 1. The van der Waals surface area contributed by atoms with Gasteiger partial charge in [0.2, 0.25) is 0 Å². The summed E-state index contributed by atoms with van der Waals surface area (Å²) in [4.78, 5) is 25.6. The van der Waals surface area contributed by atoms with Crippen LogP contribution in [-0.2, 0) is 16.1 Å². The zero-order chi connectivity index (χ0) is 21.0. The first-order valence-electron chi connectivity index (χ1n) is 8.61. The van der Waals surface area contributed by atoms with Gasteiger partial charge in [0.1, 0.15) is 28.6 Å². The fraction of sp³-hybridized carbons (Fsp3) is 0.143. The molecule has 2 N–H and O–H groups in total. The lowest BCUT2D eigenvalue weighted by Gasteiger charge is -2.15. The minimum atomic E-state index is -0.868. The minimum Gasteiger partial charge on any atom is -0.508 e. The summed E-state index contributed by atoms with van der Waals surface area (Å²) in [6.07, 6.45) is 0. The number of furan rings is 1. The quantitative estimate of drug-likeness (QED) is 0.593. The van der Waals surface area contributed by atoms with Crippen LogP contribution in [0.1, 0.15) is 16.1 Å². The Kier molecular flexibility index (Phi) is 6.09. The van der Waals surface area contributed by atoms with Gasteiger partial charge < -0.3 is 24.3 Å². The first kappa shape index (κ1) is 20.3. The van der Waals surface area contributed by atoms with Crippen LogP contribution in [0, 0.1) is 0 Å². The zero-order valence-corrected chi connectivity index (χ0v) is 16.2. The molecule has 0 aliphatic heterocycles. The Balaban J connectivity index is 1.55. The lowest BCUT2D eigenvalue weighted by Crippen LogP contribution is -2.30. The maximum atomic E-state index is 12.2. The summed E-state index contributed by atoms with van der Waals surface area (Å²) in [6, 6.07) is 14.2. The van der Waals surface area contributed by atoms with Crippen molar-refractivity contribution in [2.75, 3.05) is 13.7 Å². The second-order valence-electron chi connectivity index (χ2n) is 6.30. The standard InChI is InChI=1S/C21H18ClNO6/c1-23(11-16-7-9-19(29-16)13-2-4-14(22)5-3-13)20(26)12-28-21(27)17-8-6-15(24)10-18(17)25/h2-10,24-25H,11-12H2,1H3. The van der Waals surface area contributed by atoms with Crippen LogP contribution in [0.2, 0.25) is 5.02 Å². The molecule has 0 saturated heterocycles. The lowest BCUT2D eigenvalue weighted by molar-refractivity contribution is -0.134. The van der Waals surface area contributed by atoms with Crippen molar-refractivity contribution in [3.63, 3.8) is 0 Å². The molecule has 2 aromatic carbocycles. The Morgan fingerprint density at radius 1 is 1.07 bits per heavy atom. The van der Waals surface area contributed by atoms with E-state index in [0.717, 1.165) is 11.6 Å². The molecule has 7 nitrogen and oxygen atoms in total. The molecule has 0 aliphatic carbocycles. The molecule has 1 heterocycles. The van der Waals surface area contributed by atoms with Gasteiger partial charge in [-0.15, -0.1) is 0 Å².